The van der Waals surface area contributed by atoms with Gasteiger partial charge in [0, 0.05) is 5.69 Å². The Morgan fingerprint density at radius 2 is 2.27 bits per heavy atom. The summed E-state index contributed by atoms with van der Waals surface area (Å²) in [5.41, 5.74) is 1.26. The number of aliphatic carboxylic acids is 1. The number of phenols is 1. The molecule has 0 bridgehead atoms. The molecule has 0 aliphatic heterocycles. The van der Waals surface area contributed by atoms with Crippen LogP contribution in [0.1, 0.15) is 5.69 Å². The fraction of sp³-hybridized carbons (Fsp3) is 0.200. The molecule has 0 unspecified atom stereocenters. The normalized spacial score (nSPS) is 10.7. The minimum Gasteiger partial charge on any atom is -0.507 e. The average molecular weight is 206 g/mol. The Hall–Kier alpha value is -2.04. The van der Waals surface area contributed by atoms with Gasteiger partial charge in [-0.3, -0.25) is 9.48 Å². The van der Waals surface area contributed by atoms with E-state index in [1.807, 2.05) is 0 Å². The standard InChI is InChI=1S/C10H10N2O3/c1-6-10-7(3-2-4-8(10)13)11-12(6)5-9(14)15/h2-4,13H,5H2,1H3,(H,14,15). The number of aromatic hydroxyl groups is 1. The molecule has 0 spiro atoms. The molecule has 0 atom stereocenters. The van der Waals surface area contributed by atoms with Crippen molar-refractivity contribution in [3.05, 3.63) is 23.9 Å². The maximum atomic E-state index is 10.6. The summed E-state index contributed by atoms with van der Waals surface area (Å²) < 4.78 is 1.37. The number of aryl methyl sites for hydroxylation is 1. The first-order valence-corrected chi connectivity index (χ1v) is 4.46. The highest BCUT2D eigenvalue weighted by Crippen LogP contribution is 2.26. The van der Waals surface area contributed by atoms with Crippen LogP contribution in [-0.4, -0.2) is 26.0 Å². The zero-order valence-electron chi connectivity index (χ0n) is 8.14. The molecule has 1 aromatic carbocycles. The number of hydrogen-bond donors (Lipinski definition) is 2. The van der Waals surface area contributed by atoms with E-state index in [9.17, 15) is 9.90 Å². The minimum absolute atomic E-state index is 0.127. The summed E-state index contributed by atoms with van der Waals surface area (Å²) in [5.74, 6) is -0.827. The summed E-state index contributed by atoms with van der Waals surface area (Å²) in [5, 5.41) is 23.0. The highest BCUT2D eigenvalue weighted by molar-refractivity contribution is 5.87. The summed E-state index contributed by atoms with van der Waals surface area (Å²) in [7, 11) is 0. The number of benzene rings is 1. The average Bonchev–Trinajstić information content (AvgIpc) is 2.44. The maximum Gasteiger partial charge on any atom is 0.325 e. The molecule has 15 heavy (non-hydrogen) atoms. The fourth-order valence-electron chi connectivity index (χ4n) is 1.60. The molecule has 1 aromatic heterocycles. The second-order valence-electron chi connectivity index (χ2n) is 3.31. The zero-order chi connectivity index (χ0) is 11.0. The van der Waals surface area contributed by atoms with Crippen LogP contribution in [-0.2, 0) is 11.3 Å². The third kappa shape index (κ3) is 1.52. The number of nitrogens with zero attached hydrogens (tertiary/aromatic N) is 2. The molecule has 0 fully saturated rings. The molecule has 2 aromatic rings. The molecule has 5 nitrogen and oxygen atoms in total. The van der Waals surface area contributed by atoms with E-state index in [2.05, 4.69) is 5.10 Å². The first-order chi connectivity index (χ1) is 7.09. The van der Waals surface area contributed by atoms with Gasteiger partial charge in [0.15, 0.2) is 0 Å². The van der Waals surface area contributed by atoms with Gasteiger partial charge in [-0.2, -0.15) is 5.10 Å². The summed E-state index contributed by atoms with van der Waals surface area (Å²) in [6.45, 7) is 1.54. The van der Waals surface area contributed by atoms with Crippen LogP contribution < -0.4 is 0 Å². The summed E-state index contributed by atoms with van der Waals surface area (Å²) in [6.07, 6.45) is 0. The van der Waals surface area contributed by atoms with Crippen LogP contribution in [0.3, 0.4) is 0 Å². The van der Waals surface area contributed by atoms with Crippen LogP contribution >= 0.6 is 0 Å². The Morgan fingerprint density at radius 1 is 1.53 bits per heavy atom. The van der Waals surface area contributed by atoms with E-state index in [1.54, 1.807) is 25.1 Å². The fourth-order valence-corrected chi connectivity index (χ4v) is 1.60. The van der Waals surface area contributed by atoms with Gasteiger partial charge in [0.05, 0.1) is 10.9 Å². The lowest BCUT2D eigenvalue weighted by molar-refractivity contribution is -0.137. The van der Waals surface area contributed by atoms with Crippen LogP contribution in [0, 0.1) is 6.92 Å². The summed E-state index contributed by atoms with van der Waals surface area (Å²) in [4.78, 5) is 10.6. The second kappa shape index (κ2) is 3.27. The van der Waals surface area contributed by atoms with E-state index in [1.165, 1.54) is 4.68 Å². The molecule has 0 aliphatic carbocycles. The van der Waals surface area contributed by atoms with E-state index in [0.717, 1.165) is 0 Å². The van der Waals surface area contributed by atoms with Gasteiger partial charge in [-0.25, -0.2) is 0 Å². The van der Waals surface area contributed by atoms with E-state index in [4.69, 9.17) is 5.11 Å². The van der Waals surface area contributed by atoms with E-state index >= 15 is 0 Å². The van der Waals surface area contributed by atoms with Crippen molar-refractivity contribution >= 4 is 16.9 Å². The molecule has 1 heterocycles. The number of aromatic nitrogens is 2. The van der Waals surface area contributed by atoms with Crippen molar-refractivity contribution < 1.29 is 15.0 Å². The molecule has 0 aliphatic rings. The number of hydrogen-bond acceptors (Lipinski definition) is 3. The number of fused-ring (bicyclic) bond motifs is 1. The van der Waals surface area contributed by atoms with Crippen LogP contribution in [0.2, 0.25) is 0 Å². The lowest BCUT2D eigenvalue weighted by Crippen LogP contribution is -2.11. The smallest absolute Gasteiger partial charge is 0.325 e. The van der Waals surface area contributed by atoms with Crippen LogP contribution in [0.25, 0.3) is 10.9 Å². The first kappa shape index (κ1) is 9.51. The number of carbonyl (C=O) groups is 1. The highest BCUT2D eigenvalue weighted by Gasteiger charge is 2.12. The molecule has 0 saturated carbocycles. The van der Waals surface area contributed by atoms with Gasteiger partial charge in [-0.15, -0.1) is 0 Å². The Labute approximate surface area is 85.6 Å². The van der Waals surface area contributed by atoms with Crippen LogP contribution in [0.4, 0.5) is 0 Å². The number of carboxylic acids is 1. The van der Waals surface area contributed by atoms with E-state index in [-0.39, 0.29) is 12.3 Å². The van der Waals surface area contributed by atoms with E-state index < -0.39 is 5.97 Å². The first-order valence-electron chi connectivity index (χ1n) is 4.46. The monoisotopic (exact) mass is 206 g/mol. The number of phenolic OH excluding ortho intramolecular Hbond substituents is 1. The van der Waals surface area contributed by atoms with Crippen molar-refractivity contribution in [2.45, 2.75) is 13.5 Å². The SMILES string of the molecule is Cc1c2c(O)cccc2nn1CC(=O)O. The van der Waals surface area contributed by atoms with Crippen molar-refractivity contribution in [3.63, 3.8) is 0 Å². The predicted molar refractivity (Wildman–Crippen MR) is 53.8 cm³/mol. The molecular formula is C10H10N2O3. The lowest BCUT2D eigenvalue weighted by atomic mass is 10.2. The van der Waals surface area contributed by atoms with Crippen molar-refractivity contribution in [1.82, 2.24) is 9.78 Å². The van der Waals surface area contributed by atoms with Crippen molar-refractivity contribution in [1.29, 1.82) is 0 Å². The highest BCUT2D eigenvalue weighted by atomic mass is 16.4. The van der Waals surface area contributed by atoms with Gasteiger partial charge in [0.2, 0.25) is 0 Å². The van der Waals surface area contributed by atoms with Crippen molar-refractivity contribution in [3.8, 4) is 5.75 Å². The Kier molecular flexibility index (Phi) is 2.07. The predicted octanol–water partition coefficient (Wildman–Crippen LogP) is 1.13. The summed E-state index contributed by atoms with van der Waals surface area (Å²) >= 11 is 0. The third-order valence-corrected chi connectivity index (χ3v) is 2.28. The van der Waals surface area contributed by atoms with Gasteiger partial charge in [0.25, 0.3) is 0 Å². The molecule has 0 saturated heterocycles. The second-order valence-corrected chi connectivity index (χ2v) is 3.31. The van der Waals surface area contributed by atoms with Crippen molar-refractivity contribution in [2.24, 2.45) is 0 Å². The number of rotatable bonds is 2. The zero-order valence-corrected chi connectivity index (χ0v) is 8.14. The molecule has 5 heteroatoms. The quantitative estimate of drug-likeness (QED) is 0.772. The Morgan fingerprint density at radius 3 is 2.87 bits per heavy atom. The summed E-state index contributed by atoms with van der Waals surface area (Å²) in [6, 6.07) is 4.97. The molecular weight excluding hydrogens is 196 g/mol. The number of carboxylic acid groups (broad SMARTS) is 1. The minimum atomic E-state index is -0.953. The third-order valence-electron chi connectivity index (χ3n) is 2.28. The van der Waals surface area contributed by atoms with E-state index in [0.29, 0.717) is 16.6 Å². The molecule has 0 amide bonds. The van der Waals surface area contributed by atoms with Crippen molar-refractivity contribution in [2.75, 3.05) is 0 Å². The molecule has 78 valence electrons. The van der Waals surface area contributed by atoms with Gasteiger partial charge in [-0.1, -0.05) is 6.07 Å². The van der Waals surface area contributed by atoms with Gasteiger partial charge in [0.1, 0.15) is 12.3 Å². The molecule has 2 N–H and O–H groups in total. The largest absolute Gasteiger partial charge is 0.507 e. The van der Waals surface area contributed by atoms with Gasteiger partial charge in [-0.05, 0) is 19.1 Å². The maximum absolute atomic E-state index is 10.6. The van der Waals surface area contributed by atoms with Crippen LogP contribution in [0.5, 0.6) is 5.75 Å². The molecule has 0 radical (unpaired) electrons. The Balaban J connectivity index is 2.64. The van der Waals surface area contributed by atoms with Crippen LogP contribution in [0.15, 0.2) is 18.2 Å². The Bertz CT molecular complexity index is 531. The topological polar surface area (TPSA) is 75.4 Å². The lowest BCUT2D eigenvalue weighted by Gasteiger charge is -1.99. The van der Waals surface area contributed by atoms with Gasteiger partial charge < -0.3 is 10.2 Å². The van der Waals surface area contributed by atoms with Gasteiger partial charge >= 0.3 is 5.97 Å². The molecule has 2 rings (SSSR count).